The van der Waals surface area contributed by atoms with E-state index in [-0.39, 0.29) is 23.5 Å². The summed E-state index contributed by atoms with van der Waals surface area (Å²) in [6.45, 7) is 14.0. The third-order valence-corrected chi connectivity index (χ3v) is 12.5. The van der Waals surface area contributed by atoms with Crippen molar-refractivity contribution < 1.29 is 13.9 Å². The lowest BCUT2D eigenvalue weighted by Crippen LogP contribution is -2.67. The van der Waals surface area contributed by atoms with Gasteiger partial charge < -0.3 is 13.9 Å². The van der Waals surface area contributed by atoms with Crippen LogP contribution in [0.1, 0.15) is 85.5 Å². The van der Waals surface area contributed by atoms with Crippen molar-refractivity contribution in [3.63, 3.8) is 0 Å². The molecule has 3 atom stereocenters. The summed E-state index contributed by atoms with van der Waals surface area (Å²) < 4.78 is 19.6. The fourth-order valence-corrected chi connectivity index (χ4v) is 10.2. The lowest BCUT2D eigenvalue weighted by Gasteiger charge is -2.44. The number of hydrogen-bond acceptors (Lipinski definition) is 3. The van der Waals surface area contributed by atoms with Gasteiger partial charge in [-0.05, 0) is 80.1 Å². The Morgan fingerprint density at radius 3 is 2.08 bits per heavy atom. The van der Waals surface area contributed by atoms with E-state index in [1.165, 1.54) is 16.8 Å². The monoisotopic (exact) mass is 508 g/mol. The zero-order valence-electron chi connectivity index (χ0n) is 23.1. The first kappa shape index (κ1) is 28.8. The second kappa shape index (κ2) is 14.3. The Bertz CT molecular complexity index is 832. The van der Waals surface area contributed by atoms with Gasteiger partial charge in [-0.3, -0.25) is 0 Å². The predicted octanol–water partition coefficient (Wildman–Crippen LogP) is 7.39. The molecule has 0 N–H and O–H groups in total. The Hall–Kier alpha value is -1.72. The minimum Gasteiger partial charge on any atom is -0.405 e. The van der Waals surface area contributed by atoms with E-state index in [0.29, 0.717) is 0 Å². The third kappa shape index (κ3) is 7.89. The molecular formula is C32H48O3Si. The maximum absolute atomic E-state index is 7.27. The molecule has 0 bridgehead atoms. The minimum absolute atomic E-state index is 0.00137. The number of rotatable bonds is 14. The van der Waals surface area contributed by atoms with Crippen molar-refractivity contribution in [3.05, 3.63) is 73.3 Å². The maximum atomic E-state index is 7.27. The highest BCUT2D eigenvalue weighted by atomic mass is 28.4. The van der Waals surface area contributed by atoms with Crippen molar-refractivity contribution >= 4 is 18.7 Å². The normalized spacial score (nSPS) is 18.5. The average molecular weight is 509 g/mol. The van der Waals surface area contributed by atoms with E-state index >= 15 is 0 Å². The minimum atomic E-state index is -2.51. The van der Waals surface area contributed by atoms with Gasteiger partial charge >= 0.3 is 0 Å². The molecule has 0 radical (unpaired) electrons. The molecule has 3 nitrogen and oxygen atoms in total. The number of hydrogen-bond donors (Lipinski definition) is 0. The van der Waals surface area contributed by atoms with Crippen LogP contribution in [0.25, 0.3) is 0 Å². The van der Waals surface area contributed by atoms with Crippen LogP contribution in [0.2, 0.25) is 5.04 Å². The molecular weight excluding hydrogens is 460 g/mol. The van der Waals surface area contributed by atoms with E-state index in [1.54, 1.807) is 0 Å². The summed E-state index contributed by atoms with van der Waals surface area (Å²) in [7, 11) is -2.51. The van der Waals surface area contributed by atoms with Crippen molar-refractivity contribution in [1.29, 1.82) is 0 Å². The smallest absolute Gasteiger partial charge is 0.261 e. The van der Waals surface area contributed by atoms with Crippen molar-refractivity contribution in [1.82, 2.24) is 0 Å². The zero-order valence-corrected chi connectivity index (χ0v) is 24.1. The van der Waals surface area contributed by atoms with Gasteiger partial charge in [0.2, 0.25) is 0 Å². The second-order valence-corrected chi connectivity index (χ2v) is 15.5. The lowest BCUT2D eigenvalue weighted by molar-refractivity contribution is -0.190. The van der Waals surface area contributed by atoms with E-state index < -0.39 is 8.32 Å². The van der Waals surface area contributed by atoms with Gasteiger partial charge in [-0.15, -0.1) is 6.58 Å². The summed E-state index contributed by atoms with van der Waals surface area (Å²) >= 11 is 0. The van der Waals surface area contributed by atoms with Crippen molar-refractivity contribution in [2.24, 2.45) is 0 Å². The summed E-state index contributed by atoms with van der Waals surface area (Å²) in [5.74, 6) is 0. The van der Waals surface area contributed by atoms with Crippen LogP contribution in [0.5, 0.6) is 0 Å². The van der Waals surface area contributed by atoms with Gasteiger partial charge in [0.25, 0.3) is 8.32 Å². The molecule has 0 spiro atoms. The summed E-state index contributed by atoms with van der Waals surface area (Å²) in [4.78, 5) is 0. The summed E-state index contributed by atoms with van der Waals surface area (Å²) in [5.41, 5.74) is 0. The fraction of sp³-hybridized carbons (Fsp3) is 0.562. The highest BCUT2D eigenvalue weighted by molar-refractivity contribution is 6.99. The summed E-state index contributed by atoms with van der Waals surface area (Å²) in [5, 5.41) is 2.68. The largest absolute Gasteiger partial charge is 0.405 e. The van der Waals surface area contributed by atoms with E-state index in [2.05, 4.69) is 94.9 Å². The van der Waals surface area contributed by atoms with Crippen LogP contribution in [-0.2, 0) is 13.9 Å². The molecule has 1 heterocycles. The van der Waals surface area contributed by atoms with Crippen LogP contribution in [0.4, 0.5) is 0 Å². The first-order valence-electron chi connectivity index (χ1n) is 14.0. The topological polar surface area (TPSA) is 27.7 Å². The Kier molecular flexibility index (Phi) is 11.4. The molecule has 0 amide bonds. The quantitative estimate of drug-likeness (QED) is 0.151. The molecule has 2 aromatic rings. The van der Waals surface area contributed by atoms with Gasteiger partial charge in [0.1, 0.15) is 0 Å². The van der Waals surface area contributed by atoms with Crippen molar-refractivity contribution in [3.8, 4) is 0 Å². The number of benzene rings is 2. The average Bonchev–Trinajstić information content (AvgIpc) is 2.88. The molecule has 2 unspecified atom stereocenters. The summed E-state index contributed by atoms with van der Waals surface area (Å²) in [6, 6.07) is 21.9. The van der Waals surface area contributed by atoms with Crippen LogP contribution >= 0.6 is 0 Å². The van der Waals surface area contributed by atoms with Gasteiger partial charge in [0.05, 0.1) is 6.10 Å². The van der Waals surface area contributed by atoms with Crippen molar-refractivity contribution in [2.75, 3.05) is 6.61 Å². The standard InChI is InChI=1S/C32H48O3Si/c1-6-7-10-19-28(34-31-25-15-16-26-33-31)20-17-18-27(2)35-36(32(3,4)5,29-21-11-8-12-22-29)30-23-13-9-14-24-30/h6,8-9,11-14,21-24,27-28,31H,1,7,10,15-20,25-26H2,2-5H3/t27-,28?,31?/m1/s1. The van der Waals surface area contributed by atoms with Gasteiger partial charge in [-0.1, -0.05) is 87.5 Å². The Labute approximate surface area is 221 Å². The molecule has 36 heavy (non-hydrogen) atoms. The zero-order chi connectivity index (χ0) is 25.9. The molecule has 3 rings (SSSR count). The first-order chi connectivity index (χ1) is 17.4. The molecule has 0 saturated carbocycles. The molecule has 2 aromatic carbocycles. The maximum Gasteiger partial charge on any atom is 0.261 e. The molecule has 4 heteroatoms. The molecule has 0 aromatic heterocycles. The van der Waals surface area contributed by atoms with Gasteiger partial charge in [0.15, 0.2) is 6.29 Å². The van der Waals surface area contributed by atoms with Gasteiger partial charge in [0, 0.05) is 12.7 Å². The molecule has 0 aliphatic carbocycles. The number of allylic oxidation sites excluding steroid dienone is 1. The van der Waals surface area contributed by atoms with E-state index in [1.807, 2.05) is 6.08 Å². The van der Waals surface area contributed by atoms with E-state index in [9.17, 15) is 0 Å². The first-order valence-corrected chi connectivity index (χ1v) is 15.9. The van der Waals surface area contributed by atoms with E-state index in [4.69, 9.17) is 13.9 Å². The SMILES string of the molecule is C=CCCCC(CCC[C@@H](C)O[Si](c1ccccc1)(c1ccccc1)C(C)(C)C)OC1CCCCO1. The van der Waals surface area contributed by atoms with Crippen LogP contribution < -0.4 is 10.4 Å². The van der Waals surface area contributed by atoms with Crippen LogP contribution in [-0.4, -0.2) is 33.4 Å². The highest BCUT2D eigenvalue weighted by Crippen LogP contribution is 2.38. The van der Waals surface area contributed by atoms with Crippen LogP contribution in [0.3, 0.4) is 0 Å². The fourth-order valence-electron chi connectivity index (χ4n) is 5.49. The van der Waals surface area contributed by atoms with E-state index in [0.717, 1.165) is 58.0 Å². The van der Waals surface area contributed by atoms with Gasteiger partial charge in [-0.25, -0.2) is 0 Å². The molecule has 1 aliphatic heterocycles. The molecule has 1 fully saturated rings. The predicted molar refractivity (Wildman–Crippen MR) is 155 cm³/mol. The van der Waals surface area contributed by atoms with Crippen LogP contribution in [0.15, 0.2) is 73.3 Å². The molecule has 198 valence electrons. The van der Waals surface area contributed by atoms with Crippen LogP contribution in [0, 0.1) is 0 Å². The Morgan fingerprint density at radius 1 is 0.944 bits per heavy atom. The highest BCUT2D eigenvalue weighted by Gasteiger charge is 2.50. The number of ether oxygens (including phenoxy) is 2. The lowest BCUT2D eigenvalue weighted by atomic mass is 10.0. The van der Waals surface area contributed by atoms with Gasteiger partial charge in [-0.2, -0.15) is 0 Å². The Balaban J connectivity index is 1.70. The summed E-state index contributed by atoms with van der Waals surface area (Å²) in [6.07, 6.45) is 12.1. The molecule has 1 aliphatic rings. The second-order valence-electron chi connectivity index (χ2n) is 11.3. The number of unbranched alkanes of at least 4 members (excludes halogenated alkanes) is 1. The molecule has 1 saturated heterocycles. The Morgan fingerprint density at radius 2 is 1.56 bits per heavy atom. The van der Waals surface area contributed by atoms with Crippen molar-refractivity contribution in [2.45, 2.75) is 109 Å². The third-order valence-electron chi connectivity index (χ3n) is 7.35.